The molecule has 4 rings (SSSR count). The van der Waals surface area contributed by atoms with E-state index < -0.39 is 5.97 Å². The number of carboxylic acid groups (broad SMARTS) is 1. The van der Waals surface area contributed by atoms with Crippen LogP contribution in [0.2, 0.25) is 0 Å². The van der Waals surface area contributed by atoms with Gasteiger partial charge in [-0.1, -0.05) is 49.4 Å². The van der Waals surface area contributed by atoms with Crippen molar-refractivity contribution in [2.24, 2.45) is 5.92 Å². The summed E-state index contributed by atoms with van der Waals surface area (Å²) in [5.74, 6) is -0.932. The van der Waals surface area contributed by atoms with Crippen molar-refractivity contribution in [2.45, 2.75) is 65.0 Å². The van der Waals surface area contributed by atoms with Crippen LogP contribution >= 0.6 is 0 Å². The molecule has 0 spiro atoms. The lowest BCUT2D eigenvalue weighted by Gasteiger charge is -2.30. The minimum absolute atomic E-state index is 0.0374. The Morgan fingerprint density at radius 2 is 1.79 bits per heavy atom. The van der Waals surface area contributed by atoms with Crippen LogP contribution in [0.4, 0.5) is 0 Å². The maximum atomic E-state index is 12.6. The summed E-state index contributed by atoms with van der Waals surface area (Å²) in [6.07, 6.45) is 4.93. The van der Waals surface area contributed by atoms with Crippen molar-refractivity contribution < 1.29 is 14.7 Å². The average molecular weight is 449 g/mol. The Hall–Kier alpha value is -2.66. The predicted molar refractivity (Wildman–Crippen MR) is 131 cm³/mol. The number of aliphatic carboxylic acids is 1. The molecule has 2 atom stereocenters. The molecule has 0 radical (unpaired) electrons. The van der Waals surface area contributed by atoms with Crippen LogP contribution in [0.15, 0.2) is 42.5 Å². The molecule has 2 heterocycles. The summed E-state index contributed by atoms with van der Waals surface area (Å²) in [5.41, 5.74) is 6.35. The Balaban J connectivity index is 1.35. The van der Waals surface area contributed by atoms with Crippen LogP contribution < -0.4 is 0 Å². The molecule has 5 heteroatoms. The van der Waals surface area contributed by atoms with Crippen LogP contribution in [-0.2, 0) is 29.0 Å². The van der Waals surface area contributed by atoms with Crippen LogP contribution in [-0.4, -0.2) is 52.5 Å². The highest BCUT2D eigenvalue weighted by atomic mass is 16.4. The first-order chi connectivity index (χ1) is 15.9. The third kappa shape index (κ3) is 6.02. The number of fused-ring (bicyclic) bond motifs is 1. The summed E-state index contributed by atoms with van der Waals surface area (Å²) in [7, 11) is 0. The molecule has 1 unspecified atom stereocenters. The van der Waals surface area contributed by atoms with E-state index in [1.54, 1.807) is 0 Å². The van der Waals surface area contributed by atoms with Gasteiger partial charge in [0.25, 0.3) is 0 Å². The molecule has 0 saturated carbocycles. The van der Waals surface area contributed by atoms with Crippen LogP contribution in [0.3, 0.4) is 0 Å². The zero-order valence-electron chi connectivity index (χ0n) is 19.9. The lowest BCUT2D eigenvalue weighted by molar-refractivity contribution is -0.138. The van der Waals surface area contributed by atoms with Gasteiger partial charge in [-0.3, -0.25) is 9.59 Å². The molecule has 2 aromatic carbocycles. The van der Waals surface area contributed by atoms with Crippen molar-refractivity contribution in [3.05, 3.63) is 59.2 Å². The van der Waals surface area contributed by atoms with Gasteiger partial charge in [0.2, 0.25) is 5.91 Å². The second-order valence-electron chi connectivity index (χ2n) is 9.93. The fraction of sp³-hybridized carbons (Fsp3) is 0.500. The van der Waals surface area contributed by atoms with E-state index in [4.69, 9.17) is 5.11 Å². The lowest BCUT2D eigenvalue weighted by atomic mass is 9.93. The van der Waals surface area contributed by atoms with Crippen LogP contribution in [0.5, 0.6) is 0 Å². The van der Waals surface area contributed by atoms with Gasteiger partial charge in [0.05, 0.1) is 0 Å². The van der Waals surface area contributed by atoms with Gasteiger partial charge < -0.3 is 14.9 Å². The largest absolute Gasteiger partial charge is 0.481 e. The highest BCUT2D eigenvalue weighted by molar-refractivity contribution is 5.78. The van der Waals surface area contributed by atoms with E-state index in [2.05, 4.69) is 54.3 Å². The molecular weight excluding hydrogens is 412 g/mol. The van der Waals surface area contributed by atoms with Gasteiger partial charge in [0, 0.05) is 38.5 Å². The number of likely N-dealkylation sites (tertiary alicyclic amines) is 1. The van der Waals surface area contributed by atoms with Crippen molar-refractivity contribution >= 4 is 11.9 Å². The monoisotopic (exact) mass is 448 g/mol. The summed E-state index contributed by atoms with van der Waals surface area (Å²) in [6, 6.07) is 16.3. The van der Waals surface area contributed by atoms with Gasteiger partial charge in [-0.2, -0.15) is 0 Å². The number of hydrogen-bond donors (Lipinski definition) is 1. The number of amides is 1. The summed E-state index contributed by atoms with van der Waals surface area (Å²) >= 11 is 0. The standard InChI is InChI=1S/C28H36N2O3/c1-20(17-28(32)33)16-27(31)30-15-12-25-18-24(9-10-26(25)19-30)23-7-5-22(6-8-23)11-14-29-13-3-4-21(29)2/h5-10,18,20-21H,3-4,11-17,19H2,1-2H3,(H,32,33)/t20?,21-/m1/s1. The van der Waals surface area contributed by atoms with Gasteiger partial charge in [0.1, 0.15) is 0 Å². The molecule has 1 amide bonds. The van der Waals surface area contributed by atoms with Gasteiger partial charge in [0.15, 0.2) is 0 Å². The number of rotatable bonds is 8. The second kappa shape index (κ2) is 10.5. The molecule has 1 saturated heterocycles. The van der Waals surface area contributed by atoms with E-state index in [0.29, 0.717) is 19.5 Å². The highest BCUT2D eigenvalue weighted by Crippen LogP contribution is 2.27. The van der Waals surface area contributed by atoms with E-state index in [-0.39, 0.29) is 18.2 Å². The van der Waals surface area contributed by atoms with Crippen LogP contribution in [0.1, 0.15) is 56.2 Å². The van der Waals surface area contributed by atoms with Crippen molar-refractivity contribution in [3.8, 4) is 11.1 Å². The quantitative estimate of drug-likeness (QED) is 0.632. The molecule has 2 aliphatic rings. The second-order valence-corrected chi connectivity index (χ2v) is 9.93. The fourth-order valence-electron chi connectivity index (χ4n) is 5.20. The van der Waals surface area contributed by atoms with Crippen molar-refractivity contribution in [1.29, 1.82) is 0 Å². The van der Waals surface area contributed by atoms with Gasteiger partial charge in [-0.05, 0) is 72.9 Å². The maximum Gasteiger partial charge on any atom is 0.303 e. The Bertz CT molecular complexity index is 985. The van der Waals surface area contributed by atoms with Gasteiger partial charge >= 0.3 is 5.97 Å². The lowest BCUT2D eigenvalue weighted by Crippen LogP contribution is -2.36. The maximum absolute atomic E-state index is 12.6. The molecule has 2 aromatic rings. The Labute approximate surface area is 197 Å². The third-order valence-corrected chi connectivity index (χ3v) is 7.28. The van der Waals surface area contributed by atoms with E-state index in [1.807, 2.05) is 11.8 Å². The van der Waals surface area contributed by atoms with E-state index in [0.717, 1.165) is 25.4 Å². The zero-order valence-corrected chi connectivity index (χ0v) is 19.9. The molecule has 1 N–H and O–H groups in total. The van der Waals surface area contributed by atoms with Crippen LogP contribution in [0, 0.1) is 5.92 Å². The smallest absolute Gasteiger partial charge is 0.303 e. The summed E-state index contributed by atoms with van der Waals surface area (Å²) in [6.45, 7) is 7.85. The first kappa shape index (κ1) is 23.5. The summed E-state index contributed by atoms with van der Waals surface area (Å²) in [5, 5.41) is 8.93. The molecule has 0 aliphatic carbocycles. The molecule has 0 bridgehead atoms. The number of hydrogen-bond acceptors (Lipinski definition) is 3. The molecule has 0 aromatic heterocycles. The highest BCUT2D eigenvalue weighted by Gasteiger charge is 2.23. The first-order valence-corrected chi connectivity index (χ1v) is 12.3. The summed E-state index contributed by atoms with van der Waals surface area (Å²) < 4.78 is 0. The number of benzene rings is 2. The normalized spacial score (nSPS) is 19.3. The van der Waals surface area contributed by atoms with Crippen molar-refractivity contribution in [2.75, 3.05) is 19.6 Å². The topological polar surface area (TPSA) is 60.9 Å². The SMILES string of the molecule is CC(CC(=O)O)CC(=O)N1CCc2cc(-c3ccc(CCN4CCC[C@H]4C)cc3)ccc2C1. The Morgan fingerprint density at radius 1 is 1.03 bits per heavy atom. The molecule has 176 valence electrons. The average Bonchev–Trinajstić information content (AvgIpc) is 3.21. The number of carbonyl (C=O) groups is 2. The molecule has 5 nitrogen and oxygen atoms in total. The summed E-state index contributed by atoms with van der Waals surface area (Å²) in [4.78, 5) is 27.9. The Kier molecular flexibility index (Phi) is 7.49. The van der Waals surface area contributed by atoms with Crippen LogP contribution in [0.25, 0.3) is 11.1 Å². The van der Waals surface area contributed by atoms with Gasteiger partial charge in [-0.25, -0.2) is 0 Å². The minimum atomic E-state index is -0.846. The van der Waals surface area contributed by atoms with E-state index >= 15 is 0 Å². The molecule has 2 aliphatic heterocycles. The molecular formula is C28H36N2O3. The number of carboxylic acids is 1. The van der Waals surface area contributed by atoms with E-state index in [1.165, 1.54) is 47.2 Å². The minimum Gasteiger partial charge on any atom is -0.481 e. The zero-order chi connectivity index (χ0) is 23.4. The fourth-order valence-corrected chi connectivity index (χ4v) is 5.20. The number of carbonyl (C=O) groups excluding carboxylic acids is 1. The number of nitrogens with zero attached hydrogens (tertiary/aromatic N) is 2. The Morgan fingerprint density at radius 3 is 2.48 bits per heavy atom. The van der Waals surface area contributed by atoms with E-state index in [9.17, 15) is 9.59 Å². The third-order valence-electron chi connectivity index (χ3n) is 7.28. The van der Waals surface area contributed by atoms with Crippen molar-refractivity contribution in [3.63, 3.8) is 0 Å². The molecule has 1 fully saturated rings. The van der Waals surface area contributed by atoms with Gasteiger partial charge in [-0.15, -0.1) is 0 Å². The predicted octanol–water partition coefficient (Wildman–Crippen LogP) is 4.77. The molecule has 33 heavy (non-hydrogen) atoms. The van der Waals surface area contributed by atoms with Crippen molar-refractivity contribution in [1.82, 2.24) is 9.80 Å². The first-order valence-electron chi connectivity index (χ1n) is 12.3.